The number of hydrogen-bond acceptors (Lipinski definition) is 6. The number of piperidine rings is 2. The molecule has 0 aliphatic carbocycles. The number of imide groups is 1. The van der Waals surface area contributed by atoms with Gasteiger partial charge in [0.1, 0.15) is 6.33 Å². The van der Waals surface area contributed by atoms with E-state index < -0.39 is 0 Å². The summed E-state index contributed by atoms with van der Waals surface area (Å²) in [6, 6.07) is 17.1. The van der Waals surface area contributed by atoms with Gasteiger partial charge < -0.3 is 10.6 Å². The average Bonchev–Trinajstić information content (AvgIpc) is 3.43. The number of carbonyl (C=O) groups is 2. The molecule has 6 rings (SSSR count). The van der Waals surface area contributed by atoms with Gasteiger partial charge in [-0.15, -0.1) is 0 Å². The SMILES string of the molecule is Cc1cc(-c2ncnn3cc(CCCCN4CCC(c5ccc(C6CCC(=O)NC6=O)cc5)CC4)cc23)ccc1CN. The number of nitrogens with two attached hydrogens (primary N) is 1. The third kappa shape index (κ3) is 6.15. The predicted molar refractivity (Wildman–Crippen MR) is 164 cm³/mol. The predicted octanol–water partition coefficient (Wildman–Crippen LogP) is 4.89. The van der Waals surface area contributed by atoms with E-state index in [-0.39, 0.29) is 17.7 Å². The molecular formula is C34H40N6O2. The largest absolute Gasteiger partial charge is 0.326 e. The molecule has 2 aromatic carbocycles. The highest BCUT2D eigenvalue weighted by atomic mass is 16.2. The van der Waals surface area contributed by atoms with Crippen molar-refractivity contribution in [3.63, 3.8) is 0 Å². The number of amides is 2. The summed E-state index contributed by atoms with van der Waals surface area (Å²) in [4.78, 5) is 30.9. The number of nitrogens with one attached hydrogen (secondary N) is 1. The highest BCUT2D eigenvalue weighted by molar-refractivity contribution is 6.00. The molecule has 1 atom stereocenters. The van der Waals surface area contributed by atoms with Crippen LogP contribution in [0.4, 0.5) is 0 Å². The van der Waals surface area contributed by atoms with E-state index in [1.165, 1.54) is 23.1 Å². The van der Waals surface area contributed by atoms with Crippen molar-refractivity contribution in [1.29, 1.82) is 0 Å². The summed E-state index contributed by atoms with van der Waals surface area (Å²) in [6.07, 6.45) is 10.5. The molecule has 3 N–H and O–H groups in total. The molecule has 1 unspecified atom stereocenters. The second-order valence-electron chi connectivity index (χ2n) is 11.9. The second-order valence-corrected chi connectivity index (χ2v) is 11.9. The Hall–Kier alpha value is -3.88. The van der Waals surface area contributed by atoms with Crippen LogP contribution in [0, 0.1) is 6.92 Å². The Labute approximate surface area is 247 Å². The molecular weight excluding hydrogens is 524 g/mol. The Balaban J connectivity index is 0.973. The maximum atomic E-state index is 12.2. The number of benzene rings is 2. The van der Waals surface area contributed by atoms with E-state index >= 15 is 0 Å². The Morgan fingerprint density at radius 3 is 2.50 bits per heavy atom. The molecule has 218 valence electrons. The molecule has 0 saturated carbocycles. The first-order valence-corrected chi connectivity index (χ1v) is 15.3. The van der Waals surface area contributed by atoms with Crippen LogP contribution < -0.4 is 11.1 Å². The molecule has 2 saturated heterocycles. The Kier molecular flexibility index (Phi) is 8.44. The van der Waals surface area contributed by atoms with E-state index in [9.17, 15) is 9.59 Å². The summed E-state index contributed by atoms with van der Waals surface area (Å²) in [7, 11) is 0. The number of likely N-dealkylation sites (tertiary alicyclic amines) is 1. The molecule has 2 amide bonds. The lowest BCUT2D eigenvalue weighted by molar-refractivity contribution is -0.134. The number of aromatic nitrogens is 3. The molecule has 2 aliphatic heterocycles. The minimum Gasteiger partial charge on any atom is -0.326 e. The summed E-state index contributed by atoms with van der Waals surface area (Å²) in [6.45, 7) is 6.01. The lowest BCUT2D eigenvalue weighted by atomic mass is 9.86. The molecule has 2 aromatic heterocycles. The molecule has 0 spiro atoms. The number of nitrogens with zero attached hydrogens (tertiary/aromatic N) is 4. The van der Waals surface area contributed by atoms with Gasteiger partial charge in [0.05, 0.1) is 17.1 Å². The van der Waals surface area contributed by atoms with Gasteiger partial charge in [-0.05, 0) is 111 Å². The molecule has 8 nitrogen and oxygen atoms in total. The maximum Gasteiger partial charge on any atom is 0.234 e. The van der Waals surface area contributed by atoms with Crippen molar-refractivity contribution in [1.82, 2.24) is 24.8 Å². The number of carbonyl (C=O) groups excluding carboxylic acids is 2. The van der Waals surface area contributed by atoms with Crippen molar-refractivity contribution in [2.24, 2.45) is 5.73 Å². The topological polar surface area (TPSA) is 106 Å². The number of fused-ring (bicyclic) bond motifs is 1. The molecule has 0 bridgehead atoms. The molecule has 2 fully saturated rings. The van der Waals surface area contributed by atoms with Crippen molar-refractivity contribution in [3.05, 3.63) is 88.9 Å². The minimum absolute atomic E-state index is 0.164. The van der Waals surface area contributed by atoms with Crippen LogP contribution in [-0.2, 0) is 22.6 Å². The summed E-state index contributed by atoms with van der Waals surface area (Å²) in [5, 5.41) is 6.93. The monoisotopic (exact) mass is 564 g/mol. The van der Waals surface area contributed by atoms with Gasteiger partial charge >= 0.3 is 0 Å². The van der Waals surface area contributed by atoms with Gasteiger partial charge in [0.15, 0.2) is 0 Å². The molecule has 2 aliphatic rings. The van der Waals surface area contributed by atoms with Gasteiger partial charge in [-0.2, -0.15) is 5.10 Å². The van der Waals surface area contributed by atoms with Crippen LogP contribution in [0.2, 0.25) is 0 Å². The zero-order valence-corrected chi connectivity index (χ0v) is 24.4. The summed E-state index contributed by atoms with van der Waals surface area (Å²) >= 11 is 0. The van der Waals surface area contributed by atoms with Crippen LogP contribution in [0.25, 0.3) is 16.8 Å². The van der Waals surface area contributed by atoms with Gasteiger partial charge in [0.25, 0.3) is 0 Å². The second kappa shape index (κ2) is 12.5. The van der Waals surface area contributed by atoms with E-state index in [4.69, 9.17) is 5.73 Å². The van der Waals surface area contributed by atoms with E-state index in [0.29, 0.717) is 25.3 Å². The molecule has 42 heavy (non-hydrogen) atoms. The van der Waals surface area contributed by atoms with Crippen molar-refractivity contribution >= 4 is 17.3 Å². The lowest BCUT2D eigenvalue weighted by Crippen LogP contribution is -2.39. The van der Waals surface area contributed by atoms with Crippen molar-refractivity contribution < 1.29 is 9.59 Å². The fourth-order valence-corrected chi connectivity index (χ4v) is 6.58. The maximum absolute atomic E-state index is 12.2. The van der Waals surface area contributed by atoms with Gasteiger partial charge in [0.2, 0.25) is 11.8 Å². The standard InChI is InChI=1S/C34H40N6O2/c1-23-18-28(9-10-29(23)20-35)33-31-19-24(21-40(31)37-22-36-33)4-2-3-15-39-16-13-26(14-17-39)25-5-7-27(8-6-25)30-11-12-32(41)38-34(30)42/h5-10,18-19,21-22,26,30H,2-4,11-17,20,35H2,1H3,(H,38,41,42). The first-order valence-electron chi connectivity index (χ1n) is 15.3. The van der Waals surface area contributed by atoms with Crippen LogP contribution in [0.1, 0.15) is 78.2 Å². The zero-order valence-electron chi connectivity index (χ0n) is 24.4. The van der Waals surface area contributed by atoms with Gasteiger partial charge in [-0.25, -0.2) is 9.50 Å². The Morgan fingerprint density at radius 1 is 0.976 bits per heavy atom. The summed E-state index contributed by atoms with van der Waals surface area (Å²) < 4.78 is 1.95. The van der Waals surface area contributed by atoms with Gasteiger partial charge in [-0.3, -0.25) is 14.9 Å². The number of unbranched alkanes of at least 4 members (excludes halogenated alkanes) is 1. The quantitative estimate of drug-likeness (QED) is 0.222. The van der Waals surface area contributed by atoms with Crippen LogP contribution in [0.5, 0.6) is 0 Å². The van der Waals surface area contributed by atoms with Crippen molar-refractivity contribution in [3.8, 4) is 11.3 Å². The fraction of sp³-hybridized carbons (Fsp3) is 0.412. The van der Waals surface area contributed by atoms with Crippen LogP contribution in [0.3, 0.4) is 0 Å². The van der Waals surface area contributed by atoms with Gasteiger partial charge in [0, 0.05) is 24.7 Å². The fourth-order valence-electron chi connectivity index (χ4n) is 6.58. The molecule has 4 aromatic rings. The third-order valence-electron chi connectivity index (χ3n) is 9.13. The van der Waals surface area contributed by atoms with Crippen LogP contribution in [0.15, 0.2) is 61.1 Å². The smallest absolute Gasteiger partial charge is 0.234 e. The van der Waals surface area contributed by atoms with E-state index in [2.05, 4.69) is 82.0 Å². The van der Waals surface area contributed by atoms with Crippen molar-refractivity contribution in [2.75, 3.05) is 19.6 Å². The van der Waals surface area contributed by atoms with Gasteiger partial charge in [-0.1, -0.05) is 36.4 Å². The average molecular weight is 565 g/mol. The highest BCUT2D eigenvalue weighted by Crippen LogP contribution is 2.31. The summed E-state index contributed by atoms with van der Waals surface area (Å²) in [5.74, 6) is 0.0243. The molecule has 4 heterocycles. The van der Waals surface area contributed by atoms with Crippen molar-refractivity contribution in [2.45, 2.75) is 70.3 Å². The first kappa shape index (κ1) is 28.2. The number of rotatable bonds is 9. The minimum atomic E-state index is -0.211. The molecule has 0 radical (unpaired) electrons. The number of aryl methyl sites for hydroxylation is 2. The number of hydrogen-bond donors (Lipinski definition) is 2. The highest BCUT2D eigenvalue weighted by Gasteiger charge is 2.28. The van der Waals surface area contributed by atoms with Crippen LogP contribution in [-0.4, -0.2) is 50.9 Å². The third-order valence-corrected chi connectivity index (χ3v) is 9.13. The lowest BCUT2D eigenvalue weighted by Gasteiger charge is -2.32. The van der Waals surface area contributed by atoms with Crippen LogP contribution >= 0.6 is 0 Å². The van der Waals surface area contributed by atoms with E-state index in [0.717, 1.165) is 73.2 Å². The van der Waals surface area contributed by atoms with E-state index in [1.807, 2.05) is 4.52 Å². The first-order chi connectivity index (χ1) is 20.5. The van der Waals surface area contributed by atoms with E-state index in [1.54, 1.807) is 6.33 Å². The zero-order chi connectivity index (χ0) is 29.1. The molecule has 8 heteroatoms. The normalized spacial score (nSPS) is 18.5. The Bertz CT molecular complexity index is 1570. The summed E-state index contributed by atoms with van der Waals surface area (Å²) in [5.41, 5.74) is 15.0. The Morgan fingerprint density at radius 2 is 1.76 bits per heavy atom.